The van der Waals surface area contributed by atoms with Crippen LogP contribution in [-0.2, 0) is 18.7 Å². The second-order valence-corrected chi connectivity index (χ2v) is 6.94. The molecule has 1 fully saturated rings. The molecule has 2 aliphatic rings. The van der Waals surface area contributed by atoms with Crippen LogP contribution in [0.2, 0.25) is 0 Å². The lowest BCUT2D eigenvalue weighted by Crippen LogP contribution is -2.26. The van der Waals surface area contributed by atoms with Crippen molar-refractivity contribution in [3.05, 3.63) is 22.8 Å². The molecule has 19 heavy (non-hydrogen) atoms. The molecular formula is C15H23N3S. The predicted molar refractivity (Wildman–Crippen MR) is 80.3 cm³/mol. The van der Waals surface area contributed by atoms with Gasteiger partial charge in [-0.25, -0.2) is 9.97 Å². The first-order valence-electron chi connectivity index (χ1n) is 7.50. The zero-order valence-electron chi connectivity index (χ0n) is 11.7. The highest BCUT2D eigenvalue weighted by atomic mass is 32.2. The summed E-state index contributed by atoms with van der Waals surface area (Å²) < 4.78 is 0. The van der Waals surface area contributed by atoms with E-state index in [0.29, 0.717) is 0 Å². The molecule has 0 radical (unpaired) electrons. The summed E-state index contributed by atoms with van der Waals surface area (Å²) >= 11 is 2.07. The Morgan fingerprint density at radius 2 is 2.05 bits per heavy atom. The number of nitrogens with zero attached hydrogens (tertiary/aromatic N) is 2. The number of rotatable bonds is 3. The number of nitrogens with one attached hydrogen (secondary N) is 1. The van der Waals surface area contributed by atoms with Gasteiger partial charge in [0, 0.05) is 36.0 Å². The van der Waals surface area contributed by atoms with Gasteiger partial charge in [0.25, 0.3) is 0 Å². The monoisotopic (exact) mass is 277 g/mol. The first-order valence-corrected chi connectivity index (χ1v) is 8.55. The fraction of sp³-hybridized carbons (Fsp3) is 0.733. The van der Waals surface area contributed by atoms with Crippen molar-refractivity contribution in [2.24, 2.45) is 0 Å². The molecular weight excluding hydrogens is 254 g/mol. The maximum absolute atomic E-state index is 4.79. The van der Waals surface area contributed by atoms with Gasteiger partial charge >= 0.3 is 0 Å². The Kier molecular flexibility index (Phi) is 4.38. The first-order chi connectivity index (χ1) is 9.33. The normalized spacial score (nSPS) is 20.3. The number of aryl methyl sites for hydroxylation is 1. The van der Waals surface area contributed by atoms with Gasteiger partial charge < -0.3 is 5.32 Å². The van der Waals surface area contributed by atoms with Gasteiger partial charge in [0.05, 0.1) is 11.4 Å². The van der Waals surface area contributed by atoms with E-state index in [-0.39, 0.29) is 0 Å². The highest BCUT2D eigenvalue weighted by Crippen LogP contribution is 2.30. The van der Waals surface area contributed by atoms with E-state index in [1.807, 2.05) is 0 Å². The van der Waals surface area contributed by atoms with Gasteiger partial charge in [-0.1, -0.05) is 19.3 Å². The standard InChI is InChI=1S/C15H23N3S/c1-11-13-9-16-8-7-14(13)18-15(17-11)10-19-12-5-3-2-4-6-12/h12,16H,2-10H2,1H3. The molecule has 1 saturated carbocycles. The minimum atomic E-state index is 0.843. The van der Waals surface area contributed by atoms with Crippen LogP contribution in [0, 0.1) is 6.92 Å². The number of aromatic nitrogens is 2. The van der Waals surface area contributed by atoms with Crippen molar-refractivity contribution < 1.29 is 0 Å². The number of thioether (sulfide) groups is 1. The predicted octanol–water partition coefficient (Wildman–Crippen LogP) is 3.00. The van der Waals surface area contributed by atoms with Gasteiger partial charge in [0.2, 0.25) is 0 Å². The molecule has 1 aliphatic heterocycles. The van der Waals surface area contributed by atoms with Crippen molar-refractivity contribution in [3.8, 4) is 0 Å². The molecule has 104 valence electrons. The van der Waals surface area contributed by atoms with Crippen molar-refractivity contribution in [1.82, 2.24) is 15.3 Å². The van der Waals surface area contributed by atoms with Gasteiger partial charge in [0.15, 0.2) is 0 Å². The molecule has 1 aliphatic carbocycles. The molecule has 3 nitrogen and oxygen atoms in total. The second-order valence-electron chi connectivity index (χ2n) is 5.65. The average molecular weight is 277 g/mol. The van der Waals surface area contributed by atoms with Gasteiger partial charge in [-0.15, -0.1) is 0 Å². The van der Waals surface area contributed by atoms with Crippen LogP contribution in [0.5, 0.6) is 0 Å². The van der Waals surface area contributed by atoms with Gasteiger partial charge in [-0.3, -0.25) is 0 Å². The molecule has 0 aromatic carbocycles. The summed E-state index contributed by atoms with van der Waals surface area (Å²) in [7, 11) is 0. The second kappa shape index (κ2) is 6.23. The molecule has 0 bridgehead atoms. The van der Waals surface area contributed by atoms with Gasteiger partial charge in [-0.2, -0.15) is 11.8 Å². The van der Waals surface area contributed by atoms with Gasteiger partial charge in [-0.05, 0) is 19.8 Å². The van der Waals surface area contributed by atoms with Crippen LogP contribution in [0.1, 0.15) is 54.9 Å². The Balaban J connectivity index is 1.65. The maximum atomic E-state index is 4.79. The average Bonchev–Trinajstić information content (AvgIpc) is 2.46. The van der Waals surface area contributed by atoms with Crippen LogP contribution in [0.3, 0.4) is 0 Å². The summed E-state index contributed by atoms with van der Waals surface area (Å²) in [5.41, 5.74) is 3.79. The van der Waals surface area contributed by atoms with Crippen molar-refractivity contribution in [3.63, 3.8) is 0 Å². The molecule has 4 heteroatoms. The van der Waals surface area contributed by atoms with Crippen LogP contribution < -0.4 is 5.32 Å². The van der Waals surface area contributed by atoms with E-state index in [4.69, 9.17) is 9.97 Å². The van der Waals surface area contributed by atoms with Crippen LogP contribution >= 0.6 is 11.8 Å². The first kappa shape index (κ1) is 13.4. The third-order valence-corrected chi connectivity index (χ3v) is 5.55. The summed E-state index contributed by atoms with van der Waals surface area (Å²) in [4.78, 5) is 9.49. The molecule has 0 atom stereocenters. The number of hydrogen-bond donors (Lipinski definition) is 1. The Hall–Kier alpha value is -0.610. The quantitative estimate of drug-likeness (QED) is 0.921. The van der Waals surface area contributed by atoms with Gasteiger partial charge in [0.1, 0.15) is 5.82 Å². The van der Waals surface area contributed by atoms with E-state index in [9.17, 15) is 0 Å². The molecule has 2 heterocycles. The Labute approximate surface area is 120 Å². The third-order valence-electron chi connectivity index (χ3n) is 4.19. The maximum Gasteiger partial charge on any atom is 0.138 e. The minimum absolute atomic E-state index is 0.843. The lowest BCUT2D eigenvalue weighted by molar-refractivity contribution is 0.516. The van der Waals surface area contributed by atoms with E-state index >= 15 is 0 Å². The Morgan fingerprint density at radius 1 is 1.21 bits per heavy atom. The molecule has 1 N–H and O–H groups in total. The summed E-state index contributed by atoms with van der Waals surface area (Å²) in [5.74, 6) is 2.04. The SMILES string of the molecule is Cc1nc(CSC2CCCCC2)nc2c1CNCC2. The molecule has 3 rings (SSSR count). The summed E-state index contributed by atoms with van der Waals surface area (Å²) in [6.45, 7) is 4.12. The van der Waals surface area contributed by atoms with E-state index in [0.717, 1.165) is 36.3 Å². The van der Waals surface area contributed by atoms with Crippen molar-refractivity contribution in [2.45, 2.75) is 63.0 Å². The number of fused-ring (bicyclic) bond motifs is 1. The number of hydrogen-bond acceptors (Lipinski definition) is 4. The minimum Gasteiger partial charge on any atom is -0.312 e. The van der Waals surface area contributed by atoms with Crippen molar-refractivity contribution >= 4 is 11.8 Å². The van der Waals surface area contributed by atoms with E-state index < -0.39 is 0 Å². The van der Waals surface area contributed by atoms with Crippen LogP contribution in [0.15, 0.2) is 0 Å². The topological polar surface area (TPSA) is 37.8 Å². The van der Waals surface area contributed by atoms with E-state index in [1.54, 1.807) is 0 Å². The van der Waals surface area contributed by atoms with Crippen LogP contribution in [-0.4, -0.2) is 21.8 Å². The van der Waals surface area contributed by atoms with E-state index in [1.165, 1.54) is 49.1 Å². The molecule has 0 amide bonds. The summed E-state index contributed by atoms with van der Waals surface area (Å²) in [5, 5.41) is 4.24. The fourth-order valence-electron chi connectivity index (χ4n) is 3.06. The Bertz CT molecular complexity index is 441. The van der Waals surface area contributed by atoms with Crippen LogP contribution in [0.25, 0.3) is 0 Å². The zero-order chi connectivity index (χ0) is 13.1. The molecule has 0 saturated heterocycles. The summed E-state index contributed by atoms with van der Waals surface area (Å²) in [6, 6.07) is 0. The molecule has 0 unspecified atom stereocenters. The van der Waals surface area contributed by atoms with E-state index in [2.05, 4.69) is 24.0 Å². The van der Waals surface area contributed by atoms with Crippen LogP contribution in [0.4, 0.5) is 0 Å². The smallest absolute Gasteiger partial charge is 0.138 e. The van der Waals surface area contributed by atoms with Crippen molar-refractivity contribution in [1.29, 1.82) is 0 Å². The third kappa shape index (κ3) is 3.29. The molecule has 1 aromatic heterocycles. The lowest BCUT2D eigenvalue weighted by Gasteiger charge is -2.22. The molecule has 1 aromatic rings. The zero-order valence-corrected chi connectivity index (χ0v) is 12.6. The lowest BCUT2D eigenvalue weighted by atomic mass is 10.0. The molecule has 0 spiro atoms. The summed E-state index contributed by atoms with van der Waals surface area (Å²) in [6.07, 6.45) is 8.08. The largest absolute Gasteiger partial charge is 0.312 e. The fourth-order valence-corrected chi connectivity index (χ4v) is 4.24. The Morgan fingerprint density at radius 3 is 2.89 bits per heavy atom. The highest BCUT2D eigenvalue weighted by Gasteiger charge is 2.17. The van der Waals surface area contributed by atoms with Crippen molar-refractivity contribution in [2.75, 3.05) is 6.54 Å². The highest BCUT2D eigenvalue weighted by molar-refractivity contribution is 7.99.